The number of nitrogens with zero attached hydrogens (tertiary/aromatic N) is 5. The molecule has 0 amide bonds. The molecule has 5 rings (SSSR count). The molecule has 29 heavy (non-hydrogen) atoms. The van der Waals surface area contributed by atoms with Gasteiger partial charge >= 0.3 is 0 Å². The van der Waals surface area contributed by atoms with E-state index in [2.05, 4.69) is 30.0 Å². The van der Waals surface area contributed by atoms with Crippen LogP contribution >= 0.6 is 0 Å². The van der Waals surface area contributed by atoms with Gasteiger partial charge in [-0.2, -0.15) is 0 Å². The van der Waals surface area contributed by atoms with Gasteiger partial charge in [0, 0.05) is 30.4 Å². The zero-order valence-corrected chi connectivity index (χ0v) is 15.7. The Kier molecular flexibility index (Phi) is 4.40. The Bertz CT molecular complexity index is 1120. The summed E-state index contributed by atoms with van der Waals surface area (Å²) in [4.78, 5) is 17.9. The van der Waals surface area contributed by atoms with Gasteiger partial charge in [-0.25, -0.2) is 19.3 Å². The van der Waals surface area contributed by atoms with Crippen LogP contribution in [0.15, 0.2) is 61.3 Å². The number of fused-ring (bicyclic) bond motifs is 1. The van der Waals surface area contributed by atoms with Gasteiger partial charge in [0.2, 0.25) is 5.95 Å². The van der Waals surface area contributed by atoms with Crippen LogP contribution in [0.25, 0.3) is 16.9 Å². The lowest BCUT2D eigenvalue weighted by molar-refractivity contribution is 0.336. The number of benzene rings is 1. The molecule has 0 unspecified atom stereocenters. The first-order valence-electron chi connectivity index (χ1n) is 9.60. The number of hydrogen-bond acceptors (Lipinski definition) is 6. The van der Waals surface area contributed by atoms with E-state index in [1.807, 2.05) is 6.20 Å². The van der Waals surface area contributed by atoms with Crippen molar-refractivity contribution >= 4 is 11.6 Å². The van der Waals surface area contributed by atoms with E-state index in [1.54, 1.807) is 43.0 Å². The van der Waals surface area contributed by atoms with Crippen molar-refractivity contribution in [3.05, 3.63) is 72.8 Å². The van der Waals surface area contributed by atoms with Crippen LogP contribution in [-0.2, 0) is 5.54 Å². The number of piperidine rings is 1. The predicted molar refractivity (Wildman–Crippen MR) is 108 cm³/mol. The lowest BCUT2D eigenvalue weighted by atomic mass is 9.83. The molecule has 1 aliphatic heterocycles. The molecule has 1 aliphatic rings. The van der Waals surface area contributed by atoms with Crippen molar-refractivity contribution in [1.29, 1.82) is 0 Å². The number of nitrogens with one attached hydrogen (secondary N) is 2. The van der Waals surface area contributed by atoms with Crippen molar-refractivity contribution in [2.24, 2.45) is 0 Å². The SMILES string of the molecule is Fc1ccc(-c2nc3cnccn3c2C2(Nc3ncccn3)CCNCC2)cc1. The Balaban J connectivity index is 1.73. The van der Waals surface area contributed by atoms with E-state index < -0.39 is 5.54 Å². The van der Waals surface area contributed by atoms with Crippen molar-refractivity contribution in [1.82, 2.24) is 29.7 Å². The average Bonchev–Trinajstić information content (AvgIpc) is 3.16. The van der Waals surface area contributed by atoms with E-state index in [9.17, 15) is 4.39 Å². The Morgan fingerprint density at radius 3 is 2.55 bits per heavy atom. The summed E-state index contributed by atoms with van der Waals surface area (Å²) in [7, 11) is 0. The average molecular weight is 389 g/mol. The molecule has 0 spiro atoms. The van der Waals surface area contributed by atoms with Gasteiger partial charge in [-0.05, 0) is 56.3 Å². The Morgan fingerprint density at radius 1 is 1.03 bits per heavy atom. The second-order valence-corrected chi connectivity index (χ2v) is 7.15. The summed E-state index contributed by atoms with van der Waals surface area (Å²) in [5.74, 6) is 0.302. The molecule has 0 radical (unpaired) electrons. The summed E-state index contributed by atoms with van der Waals surface area (Å²) in [6.45, 7) is 1.70. The number of rotatable bonds is 4. The number of halogens is 1. The fraction of sp³-hybridized carbons (Fsp3) is 0.238. The molecule has 8 heteroatoms. The second-order valence-electron chi connectivity index (χ2n) is 7.15. The highest BCUT2D eigenvalue weighted by Crippen LogP contribution is 2.39. The summed E-state index contributed by atoms with van der Waals surface area (Å²) < 4.78 is 15.6. The fourth-order valence-corrected chi connectivity index (χ4v) is 4.03. The number of aromatic nitrogens is 5. The number of imidazole rings is 1. The van der Waals surface area contributed by atoms with Crippen molar-refractivity contribution < 1.29 is 4.39 Å². The van der Waals surface area contributed by atoms with Gasteiger partial charge < -0.3 is 10.6 Å². The molecule has 0 saturated carbocycles. The van der Waals surface area contributed by atoms with Crippen LogP contribution in [0.3, 0.4) is 0 Å². The number of hydrogen-bond donors (Lipinski definition) is 2. The van der Waals surface area contributed by atoms with E-state index in [4.69, 9.17) is 4.98 Å². The zero-order valence-electron chi connectivity index (χ0n) is 15.7. The molecule has 0 atom stereocenters. The Labute approximate surface area is 167 Å². The third-order valence-electron chi connectivity index (χ3n) is 5.38. The van der Waals surface area contributed by atoms with Gasteiger partial charge in [0.25, 0.3) is 0 Å². The molecule has 4 aromatic rings. The van der Waals surface area contributed by atoms with Gasteiger partial charge in [0.1, 0.15) is 5.82 Å². The Hall–Kier alpha value is -3.39. The van der Waals surface area contributed by atoms with Crippen LogP contribution in [0.2, 0.25) is 0 Å². The minimum absolute atomic E-state index is 0.270. The lowest BCUT2D eigenvalue weighted by Crippen LogP contribution is -2.46. The first kappa shape index (κ1) is 17.7. The monoisotopic (exact) mass is 389 g/mol. The van der Waals surface area contributed by atoms with E-state index in [-0.39, 0.29) is 5.82 Å². The first-order valence-corrected chi connectivity index (χ1v) is 9.60. The molecule has 3 aromatic heterocycles. The normalized spacial score (nSPS) is 16.0. The maximum atomic E-state index is 13.6. The molecular formula is C21H20FN7. The predicted octanol–water partition coefficient (Wildman–Crippen LogP) is 3.02. The van der Waals surface area contributed by atoms with Gasteiger partial charge in [-0.1, -0.05) is 0 Å². The quantitative estimate of drug-likeness (QED) is 0.559. The van der Waals surface area contributed by atoms with Crippen molar-refractivity contribution in [3.63, 3.8) is 0 Å². The van der Waals surface area contributed by atoms with Crippen molar-refractivity contribution in [2.75, 3.05) is 18.4 Å². The van der Waals surface area contributed by atoms with Gasteiger partial charge in [-0.3, -0.25) is 9.38 Å². The lowest BCUT2D eigenvalue weighted by Gasteiger charge is -2.39. The van der Waals surface area contributed by atoms with Gasteiger partial charge in [0.15, 0.2) is 5.65 Å². The second kappa shape index (κ2) is 7.21. The maximum Gasteiger partial charge on any atom is 0.223 e. The number of anilines is 1. The van der Waals surface area contributed by atoms with Crippen LogP contribution in [0.4, 0.5) is 10.3 Å². The topological polar surface area (TPSA) is 80.0 Å². The van der Waals surface area contributed by atoms with E-state index in [1.165, 1.54) is 12.1 Å². The summed E-state index contributed by atoms with van der Waals surface area (Å²) in [5, 5.41) is 7.02. The molecule has 0 aliphatic carbocycles. The molecule has 1 saturated heterocycles. The largest absolute Gasteiger partial charge is 0.343 e. The van der Waals surface area contributed by atoms with E-state index in [0.717, 1.165) is 48.5 Å². The van der Waals surface area contributed by atoms with Crippen LogP contribution in [0, 0.1) is 5.82 Å². The highest BCUT2D eigenvalue weighted by molar-refractivity contribution is 5.68. The molecular weight excluding hydrogens is 369 g/mol. The third-order valence-corrected chi connectivity index (χ3v) is 5.38. The first-order chi connectivity index (χ1) is 14.3. The van der Waals surface area contributed by atoms with E-state index in [0.29, 0.717) is 5.95 Å². The maximum absolute atomic E-state index is 13.6. The summed E-state index contributed by atoms with van der Waals surface area (Å²) in [5.41, 5.74) is 2.99. The van der Waals surface area contributed by atoms with Crippen molar-refractivity contribution in [3.8, 4) is 11.3 Å². The minimum atomic E-state index is -0.433. The summed E-state index contributed by atoms with van der Waals surface area (Å²) in [6.07, 6.45) is 10.5. The Morgan fingerprint density at radius 2 is 1.79 bits per heavy atom. The van der Waals surface area contributed by atoms with Crippen LogP contribution in [0.5, 0.6) is 0 Å². The fourth-order valence-electron chi connectivity index (χ4n) is 4.03. The standard InChI is InChI=1S/C21H20FN7/c22-16-4-2-15(3-5-16)18-19(29-13-12-24-14-17(29)27-18)21(6-10-23-11-7-21)28-20-25-8-1-9-26-20/h1-5,8-9,12-14,23H,6-7,10-11H2,(H,25,26,28). The zero-order chi connectivity index (χ0) is 19.7. The summed E-state index contributed by atoms with van der Waals surface area (Å²) in [6, 6.07) is 8.25. The van der Waals surface area contributed by atoms with Crippen molar-refractivity contribution in [2.45, 2.75) is 18.4 Å². The molecule has 1 aromatic carbocycles. The van der Waals surface area contributed by atoms with Crippen LogP contribution < -0.4 is 10.6 Å². The molecule has 0 bridgehead atoms. The van der Waals surface area contributed by atoms with Gasteiger partial charge in [0.05, 0.1) is 23.1 Å². The smallest absolute Gasteiger partial charge is 0.223 e. The third kappa shape index (κ3) is 3.21. The molecule has 1 fully saturated rings. The molecule has 4 heterocycles. The summed E-state index contributed by atoms with van der Waals surface area (Å²) >= 11 is 0. The van der Waals surface area contributed by atoms with E-state index >= 15 is 0 Å². The van der Waals surface area contributed by atoms with Gasteiger partial charge in [-0.15, -0.1) is 0 Å². The highest BCUT2D eigenvalue weighted by atomic mass is 19.1. The molecule has 146 valence electrons. The molecule has 7 nitrogen and oxygen atoms in total. The minimum Gasteiger partial charge on any atom is -0.343 e. The van der Waals surface area contributed by atoms with Crippen LogP contribution in [-0.4, -0.2) is 37.4 Å². The van der Waals surface area contributed by atoms with Crippen LogP contribution in [0.1, 0.15) is 18.5 Å². The molecule has 2 N–H and O–H groups in total. The highest BCUT2D eigenvalue weighted by Gasteiger charge is 2.40.